The Bertz CT molecular complexity index is 400. The summed E-state index contributed by atoms with van der Waals surface area (Å²) in [6.45, 7) is 10.3. The summed E-state index contributed by atoms with van der Waals surface area (Å²) in [5.74, 6) is 6.29. The highest BCUT2D eigenvalue weighted by Gasteiger charge is 2.12. The molecule has 1 aromatic carbocycles. The Morgan fingerprint density at radius 2 is 1.88 bits per heavy atom. The van der Waals surface area contributed by atoms with Gasteiger partial charge in [0.25, 0.3) is 0 Å². The molecule has 1 aromatic rings. The predicted molar refractivity (Wildman–Crippen MR) is 69.5 cm³/mol. The number of rotatable bonds is 1. The van der Waals surface area contributed by atoms with Gasteiger partial charge in [-0.15, -0.1) is 0 Å². The van der Waals surface area contributed by atoms with Crippen molar-refractivity contribution in [3.05, 3.63) is 34.9 Å². The quantitative estimate of drug-likeness (QED) is 0.329. The molecule has 3 N–H and O–H groups in total. The van der Waals surface area contributed by atoms with Gasteiger partial charge in [-0.2, -0.15) is 0 Å². The van der Waals surface area contributed by atoms with Crippen molar-refractivity contribution in [1.82, 2.24) is 5.43 Å². The molecule has 0 unspecified atom stereocenters. The molecule has 0 radical (unpaired) electrons. The molecule has 0 aliphatic carbocycles. The number of nitrogens with zero attached hydrogens (tertiary/aromatic N) is 1. The minimum Gasteiger partial charge on any atom is -0.308 e. The van der Waals surface area contributed by atoms with E-state index in [1.165, 1.54) is 11.1 Å². The molecule has 3 heteroatoms. The fourth-order valence-corrected chi connectivity index (χ4v) is 1.50. The first-order chi connectivity index (χ1) is 7.33. The van der Waals surface area contributed by atoms with Gasteiger partial charge in [0.1, 0.15) is 5.84 Å². The van der Waals surface area contributed by atoms with E-state index >= 15 is 0 Å². The van der Waals surface area contributed by atoms with Gasteiger partial charge in [0.2, 0.25) is 0 Å². The molecule has 0 spiro atoms. The Kier molecular flexibility index (Phi) is 3.70. The number of nitrogens with one attached hydrogen (secondary N) is 1. The molecule has 1 rings (SSSR count). The van der Waals surface area contributed by atoms with Crippen LogP contribution < -0.4 is 11.3 Å². The fourth-order valence-electron chi connectivity index (χ4n) is 1.50. The Labute approximate surface area is 97.7 Å². The van der Waals surface area contributed by atoms with Crippen molar-refractivity contribution >= 4 is 5.84 Å². The van der Waals surface area contributed by atoms with Crippen LogP contribution in [-0.2, 0) is 0 Å². The largest absolute Gasteiger partial charge is 0.308 e. The second-order valence-corrected chi connectivity index (χ2v) is 5.09. The molecule has 0 saturated heterocycles. The average Bonchev–Trinajstić information content (AvgIpc) is 2.17. The number of nitrogens with two attached hydrogens (primary N) is 1. The van der Waals surface area contributed by atoms with E-state index in [1.807, 2.05) is 0 Å². The van der Waals surface area contributed by atoms with Gasteiger partial charge in [-0.3, -0.25) is 4.99 Å². The summed E-state index contributed by atoms with van der Waals surface area (Å²) in [6.07, 6.45) is 0. The number of aryl methyl sites for hydroxylation is 2. The lowest BCUT2D eigenvalue weighted by atomic mass is 10.0. The summed E-state index contributed by atoms with van der Waals surface area (Å²) in [5.41, 5.74) is 6.00. The lowest BCUT2D eigenvalue weighted by Gasteiger charge is -2.17. The van der Waals surface area contributed by atoms with Crippen molar-refractivity contribution in [3.63, 3.8) is 0 Å². The molecule has 88 valence electrons. The molecule has 0 aromatic heterocycles. The smallest absolute Gasteiger partial charge is 0.143 e. The molecule has 0 bridgehead atoms. The Hall–Kier alpha value is -1.35. The van der Waals surface area contributed by atoms with Crippen LogP contribution in [0, 0.1) is 13.8 Å². The summed E-state index contributed by atoms with van der Waals surface area (Å²) >= 11 is 0. The van der Waals surface area contributed by atoms with Crippen molar-refractivity contribution < 1.29 is 0 Å². The molecule has 0 heterocycles. The number of benzene rings is 1. The first-order valence-corrected chi connectivity index (χ1v) is 5.47. The minimum absolute atomic E-state index is 0.141. The van der Waals surface area contributed by atoms with Crippen LogP contribution in [0.15, 0.2) is 23.2 Å². The summed E-state index contributed by atoms with van der Waals surface area (Å²) in [5, 5.41) is 0. The third kappa shape index (κ3) is 3.35. The van der Waals surface area contributed by atoms with Crippen molar-refractivity contribution in [2.45, 2.75) is 40.2 Å². The van der Waals surface area contributed by atoms with Crippen LogP contribution in [0.5, 0.6) is 0 Å². The monoisotopic (exact) mass is 219 g/mol. The van der Waals surface area contributed by atoms with Crippen LogP contribution >= 0.6 is 0 Å². The zero-order valence-electron chi connectivity index (χ0n) is 10.8. The van der Waals surface area contributed by atoms with Gasteiger partial charge in [-0.05, 0) is 46.2 Å². The van der Waals surface area contributed by atoms with Crippen LogP contribution in [0.1, 0.15) is 37.5 Å². The molecule has 0 fully saturated rings. The van der Waals surface area contributed by atoms with Crippen LogP contribution in [0.25, 0.3) is 0 Å². The molecule has 0 aliphatic heterocycles. The molecule has 3 nitrogen and oxygen atoms in total. The zero-order chi connectivity index (χ0) is 12.3. The first-order valence-electron chi connectivity index (χ1n) is 5.47. The molecule has 0 atom stereocenters. The standard InChI is InChI=1S/C13H21N3/c1-9-6-7-10(2)11(8-9)12(16-14)15-13(3,4)5/h6-8H,14H2,1-5H3,(H,15,16). The summed E-state index contributed by atoms with van der Waals surface area (Å²) in [6, 6.07) is 6.27. The van der Waals surface area contributed by atoms with Crippen LogP contribution in [0.4, 0.5) is 0 Å². The summed E-state index contributed by atoms with van der Waals surface area (Å²) in [7, 11) is 0. The molecule has 0 amide bonds. The number of hydrazine groups is 1. The van der Waals surface area contributed by atoms with Crippen LogP contribution in [-0.4, -0.2) is 11.4 Å². The number of hydrogen-bond acceptors (Lipinski definition) is 2. The number of aliphatic imine (C=N–C) groups is 1. The normalized spacial score (nSPS) is 12.8. The maximum atomic E-state index is 5.55. The highest BCUT2D eigenvalue weighted by atomic mass is 15.3. The van der Waals surface area contributed by atoms with E-state index < -0.39 is 0 Å². The van der Waals surface area contributed by atoms with Gasteiger partial charge < -0.3 is 5.43 Å². The van der Waals surface area contributed by atoms with Crippen LogP contribution in [0.3, 0.4) is 0 Å². The Morgan fingerprint density at radius 3 is 2.38 bits per heavy atom. The Balaban J connectivity index is 3.24. The maximum Gasteiger partial charge on any atom is 0.143 e. The molecule has 0 saturated carbocycles. The lowest BCUT2D eigenvalue weighted by molar-refractivity contribution is 0.580. The molecule has 0 aliphatic rings. The van der Waals surface area contributed by atoms with E-state index in [4.69, 9.17) is 5.84 Å². The topological polar surface area (TPSA) is 50.4 Å². The summed E-state index contributed by atoms with van der Waals surface area (Å²) < 4.78 is 0. The first kappa shape index (κ1) is 12.7. The van der Waals surface area contributed by atoms with Gasteiger partial charge in [0.05, 0.1) is 5.54 Å². The van der Waals surface area contributed by atoms with Gasteiger partial charge in [-0.25, -0.2) is 5.84 Å². The van der Waals surface area contributed by atoms with Crippen molar-refractivity contribution in [1.29, 1.82) is 0 Å². The maximum absolute atomic E-state index is 5.55. The highest BCUT2D eigenvalue weighted by molar-refractivity contribution is 6.00. The Morgan fingerprint density at radius 1 is 1.25 bits per heavy atom. The van der Waals surface area contributed by atoms with Crippen molar-refractivity contribution in [2.24, 2.45) is 10.8 Å². The number of amidine groups is 1. The lowest BCUT2D eigenvalue weighted by Crippen LogP contribution is -2.34. The zero-order valence-corrected chi connectivity index (χ0v) is 10.8. The van der Waals surface area contributed by atoms with Gasteiger partial charge in [0, 0.05) is 5.56 Å². The van der Waals surface area contributed by atoms with Gasteiger partial charge in [0.15, 0.2) is 0 Å². The van der Waals surface area contributed by atoms with E-state index in [2.05, 4.69) is 63.2 Å². The predicted octanol–water partition coefficient (Wildman–Crippen LogP) is 2.31. The van der Waals surface area contributed by atoms with E-state index in [0.29, 0.717) is 0 Å². The molecular formula is C13H21N3. The van der Waals surface area contributed by atoms with E-state index in [1.54, 1.807) is 0 Å². The number of hydrogen-bond donors (Lipinski definition) is 2. The third-order valence-electron chi connectivity index (χ3n) is 2.23. The minimum atomic E-state index is -0.141. The SMILES string of the molecule is Cc1ccc(C)c(C(=NC(C)(C)C)NN)c1. The second kappa shape index (κ2) is 4.66. The summed E-state index contributed by atoms with van der Waals surface area (Å²) in [4.78, 5) is 4.58. The van der Waals surface area contributed by atoms with E-state index in [-0.39, 0.29) is 5.54 Å². The van der Waals surface area contributed by atoms with Crippen LogP contribution in [0.2, 0.25) is 0 Å². The molecular weight excluding hydrogens is 198 g/mol. The second-order valence-electron chi connectivity index (χ2n) is 5.09. The van der Waals surface area contributed by atoms with Crippen molar-refractivity contribution in [2.75, 3.05) is 0 Å². The fraction of sp³-hybridized carbons (Fsp3) is 0.462. The average molecular weight is 219 g/mol. The van der Waals surface area contributed by atoms with Crippen molar-refractivity contribution in [3.8, 4) is 0 Å². The van der Waals surface area contributed by atoms with E-state index in [0.717, 1.165) is 11.4 Å². The van der Waals surface area contributed by atoms with Gasteiger partial charge in [-0.1, -0.05) is 17.7 Å². The molecule has 16 heavy (non-hydrogen) atoms. The third-order valence-corrected chi connectivity index (χ3v) is 2.23. The van der Waals surface area contributed by atoms with Gasteiger partial charge >= 0.3 is 0 Å². The highest BCUT2D eigenvalue weighted by Crippen LogP contribution is 2.14. The van der Waals surface area contributed by atoms with E-state index in [9.17, 15) is 0 Å².